The maximum absolute atomic E-state index is 11.3. The molecular formula is C12H13NO2. The van der Waals surface area contributed by atoms with Crippen molar-refractivity contribution in [1.29, 1.82) is 0 Å². The second-order valence-electron chi connectivity index (χ2n) is 3.44. The van der Waals surface area contributed by atoms with E-state index in [4.69, 9.17) is 0 Å². The summed E-state index contributed by atoms with van der Waals surface area (Å²) in [5, 5.41) is 1.12. The molecule has 1 aromatic heterocycles. The monoisotopic (exact) mass is 203 g/mol. The van der Waals surface area contributed by atoms with Crippen LogP contribution in [0.2, 0.25) is 0 Å². The van der Waals surface area contributed by atoms with Gasteiger partial charge >= 0.3 is 5.97 Å². The lowest BCUT2D eigenvalue weighted by atomic mass is 10.1. The highest BCUT2D eigenvalue weighted by Crippen LogP contribution is 2.17. The van der Waals surface area contributed by atoms with Crippen molar-refractivity contribution in [3.63, 3.8) is 0 Å². The summed E-state index contributed by atoms with van der Waals surface area (Å²) < 4.78 is 4.67. The van der Waals surface area contributed by atoms with Crippen molar-refractivity contribution in [1.82, 2.24) is 4.98 Å². The minimum Gasteiger partial charge on any atom is -0.465 e. The minimum absolute atomic E-state index is 0.301. The lowest BCUT2D eigenvalue weighted by molar-refractivity contribution is 0.0601. The van der Waals surface area contributed by atoms with E-state index in [1.54, 1.807) is 6.07 Å². The fraction of sp³-hybridized carbons (Fsp3) is 0.250. The summed E-state index contributed by atoms with van der Waals surface area (Å²) in [7, 11) is 1.39. The van der Waals surface area contributed by atoms with E-state index in [9.17, 15) is 4.79 Å². The number of esters is 1. The Morgan fingerprint density at radius 2 is 2.20 bits per heavy atom. The highest BCUT2D eigenvalue weighted by atomic mass is 16.5. The number of H-pyrrole nitrogens is 1. The lowest BCUT2D eigenvalue weighted by Gasteiger charge is -1.98. The Bertz CT molecular complexity index is 499. The molecule has 1 aromatic carbocycles. The van der Waals surface area contributed by atoms with E-state index in [0.29, 0.717) is 5.56 Å². The first-order valence-electron chi connectivity index (χ1n) is 4.94. The van der Waals surface area contributed by atoms with E-state index in [1.807, 2.05) is 12.1 Å². The average molecular weight is 203 g/mol. The van der Waals surface area contributed by atoms with E-state index >= 15 is 0 Å². The van der Waals surface area contributed by atoms with E-state index in [0.717, 1.165) is 17.3 Å². The molecule has 3 heteroatoms. The largest absolute Gasteiger partial charge is 0.465 e. The number of benzene rings is 1. The topological polar surface area (TPSA) is 42.1 Å². The normalized spacial score (nSPS) is 10.5. The van der Waals surface area contributed by atoms with Crippen LogP contribution < -0.4 is 0 Å². The fourth-order valence-electron chi connectivity index (χ4n) is 1.62. The van der Waals surface area contributed by atoms with Gasteiger partial charge in [-0.2, -0.15) is 0 Å². The lowest BCUT2D eigenvalue weighted by Crippen LogP contribution is -2.00. The van der Waals surface area contributed by atoms with Gasteiger partial charge in [0.1, 0.15) is 0 Å². The molecule has 1 heterocycles. The molecule has 3 nitrogen and oxygen atoms in total. The summed E-state index contributed by atoms with van der Waals surface area (Å²) in [6.45, 7) is 2.09. The Morgan fingerprint density at radius 3 is 2.87 bits per heavy atom. The Balaban J connectivity index is 2.50. The molecule has 2 rings (SSSR count). The van der Waals surface area contributed by atoms with Crippen LogP contribution in [0.5, 0.6) is 0 Å². The van der Waals surface area contributed by atoms with Crippen LogP contribution in [-0.2, 0) is 11.2 Å². The number of rotatable bonds is 2. The molecule has 0 radical (unpaired) electrons. The first kappa shape index (κ1) is 9.77. The zero-order valence-electron chi connectivity index (χ0n) is 8.83. The molecule has 78 valence electrons. The highest BCUT2D eigenvalue weighted by Gasteiger charge is 2.07. The van der Waals surface area contributed by atoms with Crippen molar-refractivity contribution in [3.8, 4) is 0 Å². The molecule has 15 heavy (non-hydrogen) atoms. The predicted octanol–water partition coefficient (Wildman–Crippen LogP) is 2.52. The Morgan fingerprint density at radius 1 is 1.40 bits per heavy atom. The number of aryl methyl sites for hydroxylation is 1. The number of fused-ring (bicyclic) bond motifs is 1. The molecule has 1 N–H and O–H groups in total. The Kier molecular flexibility index (Phi) is 2.46. The van der Waals surface area contributed by atoms with E-state index in [1.165, 1.54) is 12.8 Å². The third-order valence-electron chi connectivity index (χ3n) is 2.48. The SMILES string of the molecule is CCc1cc2ccc(C(=O)OC)cc2[nH]1. The second kappa shape index (κ2) is 3.77. The van der Waals surface area contributed by atoms with Gasteiger partial charge < -0.3 is 9.72 Å². The molecule has 0 saturated heterocycles. The van der Waals surface area contributed by atoms with Crippen LogP contribution in [0.25, 0.3) is 10.9 Å². The highest BCUT2D eigenvalue weighted by molar-refractivity contribution is 5.94. The summed E-state index contributed by atoms with van der Waals surface area (Å²) >= 11 is 0. The van der Waals surface area contributed by atoms with Crippen molar-refractivity contribution >= 4 is 16.9 Å². The smallest absolute Gasteiger partial charge is 0.337 e. The fourth-order valence-corrected chi connectivity index (χ4v) is 1.62. The van der Waals surface area contributed by atoms with Crippen molar-refractivity contribution in [2.45, 2.75) is 13.3 Å². The molecule has 0 aliphatic carbocycles. The maximum atomic E-state index is 11.3. The van der Waals surface area contributed by atoms with Crippen LogP contribution >= 0.6 is 0 Å². The molecule has 0 unspecified atom stereocenters. The van der Waals surface area contributed by atoms with Gasteiger partial charge in [0, 0.05) is 11.2 Å². The molecule has 0 atom stereocenters. The number of carbonyl (C=O) groups is 1. The van der Waals surface area contributed by atoms with Gasteiger partial charge in [-0.3, -0.25) is 0 Å². The van der Waals surface area contributed by atoms with Gasteiger partial charge in [-0.25, -0.2) is 4.79 Å². The Hall–Kier alpha value is -1.77. The van der Waals surface area contributed by atoms with E-state index < -0.39 is 0 Å². The third kappa shape index (κ3) is 1.73. The zero-order valence-corrected chi connectivity index (χ0v) is 8.83. The molecule has 2 aromatic rings. The van der Waals surface area contributed by atoms with Gasteiger partial charge in [0.15, 0.2) is 0 Å². The van der Waals surface area contributed by atoms with Crippen molar-refractivity contribution in [3.05, 3.63) is 35.5 Å². The van der Waals surface area contributed by atoms with Gasteiger partial charge in [-0.1, -0.05) is 13.0 Å². The molecule has 0 saturated carbocycles. The number of carbonyl (C=O) groups excluding carboxylic acids is 1. The third-order valence-corrected chi connectivity index (χ3v) is 2.48. The average Bonchev–Trinajstić information content (AvgIpc) is 2.69. The first-order chi connectivity index (χ1) is 7.24. The summed E-state index contributed by atoms with van der Waals surface area (Å²) in [4.78, 5) is 14.6. The molecule has 0 amide bonds. The minimum atomic E-state index is -0.301. The predicted molar refractivity (Wildman–Crippen MR) is 59.0 cm³/mol. The van der Waals surface area contributed by atoms with Crippen LogP contribution in [0.15, 0.2) is 24.3 Å². The van der Waals surface area contributed by atoms with Crippen molar-refractivity contribution in [2.75, 3.05) is 7.11 Å². The van der Waals surface area contributed by atoms with E-state index in [2.05, 4.69) is 22.7 Å². The van der Waals surface area contributed by atoms with Crippen LogP contribution in [0, 0.1) is 0 Å². The molecular weight excluding hydrogens is 190 g/mol. The molecule has 0 aliphatic heterocycles. The molecule has 0 spiro atoms. The summed E-state index contributed by atoms with van der Waals surface area (Å²) in [6.07, 6.45) is 0.961. The number of hydrogen-bond acceptors (Lipinski definition) is 2. The molecule has 0 fully saturated rings. The van der Waals surface area contributed by atoms with Gasteiger partial charge in [-0.15, -0.1) is 0 Å². The summed E-state index contributed by atoms with van der Waals surface area (Å²) in [5.41, 5.74) is 2.73. The summed E-state index contributed by atoms with van der Waals surface area (Å²) in [5.74, 6) is -0.301. The number of nitrogens with one attached hydrogen (secondary N) is 1. The molecule has 0 bridgehead atoms. The summed E-state index contributed by atoms with van der Waals surface area (Å²) in [6, 6.07) is 7.62. The van der Waals surface area contributed by atoms with Crippen molar-refractivity contribution < 1.29 is 9.53 Å². The standard InChI is InChI=1S/C12H13NO2/c1-3-10-6-8-4-5-9(12(14)15-2)7-11(8)13-10/h4-7,13H,3H2,1-2H3. The number of hydrogen-bond donors (Lipinski definition) is 1. The van der Waals surface area contributed by atoms with Gasteiger partial charge in [0.25, 0.3) is 0 Å². The maximum Gasteiger partial charge on any atom is 0.337 e. The van der Waals surface area contributed by atoms with Gasteiger partial charge in [0.05, 0.1) is 12.7 Å². The number of aromatic nitrogens is 1. The number of ether oxygens (including phenoxy) is 1. The zero-order chi connectivity index (χ0) is 10.8. The molecule has 0 aliphatic rings. The van der Waals surface area contributed by atoms with Crippen LogP contribution in [0.4, 0.5) is 0 Å². The quantitative estimate of drug-likeness (QED) is 0.762. The van der Waals surface area contributed by atoms with Crippen LogP contribution in [0.3, 0.4) is 0 Å². The van der Waals surface area contributed by atoms with E-state index in [-0.39, 0.29) is 5.97 Å². The number of methoxy groups -OCH3 is 1. The van der Waals surface area contributed by atoms with Gasteiger partial charge in [0.2, 0.25) is 0 Å². The van der Waals surface area contributed by atoms with Crippen LogP contribution in [-0.4, -0.2) is 18.1 Å². The first-order valence-corrected chi connectivity index (χ1v) is 4.94. The van der Waals surface area contributed by atoms with Crippen molar-refractivity contribution in [2.24, 2.45) is 0 Å². The van der Waals surface area contributed by atoms with Gasteiger partial charge in [-0.05, 0) is 30.0 Å². The number of aromatic amines is 1. The van der Waals surface area contributed by atoms with Crippen LogP contribution in [0.1, 0.15) is 23.0 Å². The Labute approximate surface area is 88.1 Å². The second-order valence-corrected chi connectivity index (χ2v) is 3.44.